The molecule has 0 aliphatic carbocycles. The van der Waals surface area contributed by atoms with Crippen molar-refractivity contribution in [2.24, 2.45) is 5.92 Å². The summed E-state index contributed by atoms with van der Waals surface area (Å²) in [5, 5.41) is 9.09. The molecule has 1 heterocycles. The van der Waals surface area contributed by atoms with Crippen LogP contribution in [0.3, 0.4) is 0 Å². The Balaban J connectivity index is 2.09. The van der Waals surface area contributed by atoms with E-state index in [9.17, 15) is 9.59 Å². The first kappa shape index (κ1) is 12.6. The average Bonchev–Trinajstić information content (AvgIpc) is 2.72. The number of hydrogen-bond acceptors (Lipinski definition) is 2. The topological polar surface area (TPSA) is 57.6 Å². The number of hydrogen-bond donors (Lipinski definition) is 1. The number of nitrogens with zero attached hydrogens (tertiary/aromatic N) is 1. The lowest BCUT2D eigenvalue weighted by atomic mass is 9.92. The zero-order chi connectivity index (χ0) is 13.1. The van der Waals surface area contributed by atoms with Crippen molar-refractivity contribution in [2.75, 3.05) is 6.54 Å². The Hall–Kier alpha value is -1.84. The van der Waals surface area contributed by atoms with Gasteiger partial charge in [0.1, 0.15) is 0 Å². The Kier molecular flexibility index (Phi) is 3.65. The fraction of sp³-hybridized carbons (Fsp3) is 0.429. The van der Waals surface area contributed by atoms with Gasteiger partial charge in [-0.3, -0.25) is 9.69 Å². The number of carbonyl (C=O) groups is 2. The van der Waals surface area contributed by atoms with E-state index in [0.29, 0.717) is 13.0 Å². The van der Waals surface area contributed by atoms with E-state index < -0.39 is 12.1 Å². The number of ketones is 1. The zero-order valence-electron chi connectivity index (χ0n) is 10.4. The molecule has 1 aromatic carbocycles. The van der Waals surface area contributed by atoms with E-state index in [4.69, 9.17) is 5.11 Å². The van der Waals surface area contributed by atoms with Crippen LogP contribution < -0.4 is 0 Å². The molecule has 1 aliphatic heterocycles. The summed E-state index contributed by atoms with van der Waals surface area (Å²) in [6, 6.07) is 9.37. The summed E-state index contributed by atoms with van der Waals surface area (Å²) in [4.78, 5) is 24.2. The van der Waals surface area contributed by atoms with Gasteiger partial charge in [0.2, 0.25) is 0 Å². The maximum absolute atomic E-state index is 11.8. The molecule has 1 N–H and O–H groups in total. The normalized spacial score (nSPS) is 21.1. The minimum Gasteiger partial charge on any atom is -0.465 e. The third kappa shape index (κ3) is 2.53. The van der Waals surface area contributed by atoms with Crippen molar-refractivity contribution in [2.45, 2.75) is 25.8 Å². The number of carboxylic acid groups (broad SMARTS) is 1. The van der Waals surface area contributed by atoms with Crippen LogP contribution in [0.5, 0.6) is 0 Å². The molecule has 1 aromatic rings. The highest BCUT2D eigenvalue weighted by molar-refractivity contribution is 5.90. The van der Waals surface area contributed by atoms with Crippen molar-refractivity contribution in [3.8, 4) is 0 Å². The second-order valence-corrected chi connectivity index (χ2v) is 4.80. The predicted molar refractivity (Wildman–Crippen MR) is 67.5 cm³/mol. The highest BCUT2D eigenvalue weighted by Crippen LogP contribution is 2.24. The SMILES string of the molecule is C[C@@H](Cc1ccccc1)C1C(=O)CCN1C(=O)O. The number of carbonyl (C=O) groups excluding carboxylic acids is 1. The summed E-state index contributed by atoms with van der Waals surface area (Å²) < 4.78 is 0. The van der Waals surface area contributed by atoms with Crippen LogP contribution >= 0.6 is 0 Å². The summed E-state index contributed by atoms with van der Waals surface area (Å²) >= 11 is 0. The molecule has 4 heteroatoms. The lowest BCUT2D eigenvalue weighted by molar-refractivity contribution is -0.120. The maximum Gasteiger partial charge on any atom is 0.407 e. The van der Waals surface area contributed by atoms with Crippen LogP contribution in [-0.2, 0) is 11.2 Å². The van der Waals surface area contributed by atoms with Crippen LogP contribution in [0, 0.1) is 5.92 Å². The Morgan fingerprint density at radius 1 is 1.44 bits per heavy atom. The number of benzene rings is 1. The maximum atomic E-state index is 11.8. The summed E-state index contributed by atoms with van der Waals surface area (Å²) in [6.45, 7) is 2.27. The Labute approximate surface area is 106 Å². The largest absolute Gasteiger partial charge is 0.465 e. The lowest BCUT2D eigenvalue weighted by Crippen LogP contribution is -2.42. The molecule has 1 aliphatic rings. The lowest BCUT2D eigenvalue weighted by Gasteiger charge is -2.26. The van der Waals surface area contributed by atoms with E-state index in [1.807, 2.05) is 37.3 Å². The van der Waals surface area contributed by atoms with Crippen LogP contribution in [0.2, 0.25) is 0 Å². The van der Waals surface area contributed by atoms with Gasteiger partial charge in [0, 0.05) is 13.0 Å². The van der Waals surface area contributed by atoms with Crippen LogP contribution in [0.4, 0.5) is 4.79 Å². The molecular formula is C14H17NO3. The van der Waals surface area contributed by atoms with Crippen LogP contribution in [0.25, 0.3) is 0 Å². The van der Waals surface area contributed by atoms with Gasteiger partial charge in [0.15, 0.2) is 5.78 Å². The Bertz CT molecular complexity index is 444. The molecule has 2 atom stereocenters. The van der Waals surface area contributed by atoms with Gasteiger partial charge in [-0.05, 0) is 17.9 Å². The summed E-state index contributed by atoms with van der Waals surface area (Å²) in [5.41, 5.74) is 1.13. The number of rotatable bonds is 3. The molecule has 18 heavy (non-hydrogen) atoms. The molecule has 0 saturated carbocycles. The van der Waals surface area contributed by atoms with Gasteiger partial charge in [0.25, 0.3) is 0 Å². The van der Waals surface area contributed by atoms with Crippen LogP contribution in [-0.4, -0.2) is 34.5 Å². The Morgan fingerprint density at radius 2 is 2.11 bits per heavy atom. The molecule has 4 nitrogen and oxygen atoms in total. The van der Waals surface area contributed by atoms with E-state index in [1.165, 1.54) is 4.90 Å². The summed E-state index contributed by atoms with van der Waals surface area (Å²) in [5.74, 6) is 0.0549. The molecule has 0 spiro atoms. The standard InChI is InChI=1S/C14H17NO3/c1-10(9-11-5-3-2-4-6-11)13-12(16)7-8-15(13)14(17)18/h2-6,10,13H,7-9H2,1H3,(H,17,18)/t10-,13?/m0/s1. The Morgan fingerprint density at radius 3 is 2.72 bits per heavy atom. The van der Waals surface area contributed by atoms with E-state index in [-0.39, 0.29) is 11.7 Å². The molecule has 1 unspecified atom stereocenters. The van der Waals surface area contributed by atoms with Crippen molar-refractivity contribution in [3.63, 3.8) is 0 Å². The third-order valence-corrected chi connectivity index (χ3v) is 3.45. The molecule has 0 radical (unpaired) electrons. The average molecular weight is 247 g/mol. The first-order valence-electron chi connectivity index (χ1n) is 6.16. The van der Waals surface area contributed by atoms with E-state index >= 15 is 0 Å². The number of likely N-dealkylation sites (tertiary alicyclic amines) is 1. The first-order chi connectivity index (χ1) is 8.59. The predicted octanol–water partition coefficient (Wildman–Crippen LogP) is 2.19. The molecule has 0 bridgehead atoms. The minimum atomic E-state index is -0.995. The highest BCUT2D eigenvalue weighted by atomic mass is 16.4. The summed E-state index contributed by atoms with van der Waals surface area (Å²) in [7, 11) is 0. The van der Waals surface area contributed by atoms with Gasteiger partial charge >= 0.3 is 6.09 Å². The van der Waals surface area contributed by atoms with Crippen molar-refractivity contribution in [1.82, 2.24) is 4.90 Å². The first-order valence-corrected chi connectivity index (χ1v) is 6.16. The molecule has 2 rings (SSSR count). The van der Waals surface area contributed by atoms with Gasteiger partial charge in [-0.2, -0.15) is 0 Å². The van der Waals surface area contributed by atoms with Crippen LogP contribution in [0.15, 0.2) is 30.3 Å². The number of amides is 1. The quantitative estimate of drug-likeness (QED) is 0.890. The molecule has 96 valence electrons. The molecular weight excluding hydrogens is 230 g/mol. The van der Waals surface area contributed by atoms with Crippen molar-refractivity contribution < 1.29 is 14.7 Å². The van der Waals surface area contributed by atoms with Gasteiger partial charge < -0.3 is 5.11 Å². The van der Waals surface area contributed by atoms with Crippen LogP contribution in [0.1, 0.15) is 18.9 Å². The highest BCUT2D eigenvalue weighted by Gasteiger charge is 2.39. The summed E-state index contributed by atoms with van der Waals surface area (Å²) in [6.07, 6.45) is 0.0719. The van der Waals surface area contributed by atoms with Crippen molar-refractivity contribution in [1.29, 1.82) is 0 Å². The second kappa shape index (κ2) is 5.21. The van der Waals surface area contributed by atoms with E-state index in [1.54, 1.807) is 0 Å². The molecule has 0 aromatic heterocycles. The number of Topliss-reactive ketones (excluding diaryl/α,β-unsaturated/α-hetero) is 1. The fourth-order valence-corrected chi connectivity index (χ4v) is 2.63. The van der Waals surface area contributed by atoms with Gasteiger partial charge in [-0.25, -0.2) is 4.79 Å². The van der Waals surface area contributed by atoms with E-state index in [0.717, 1.165) is 12.0 Å². The second-order valence-electron chi connectivity index (χ2n) is 4.80. The monoisotopic (exact) mass is 247 g/mol. The molecule has 1 fully saturated rings. The smallest absolute Gasteiger partial charge is 0.407 e. The minimum absolute atomic E-state index is 0.0125. The van der Waals surface area contributed by atoms with Crippen molar-refractivity contribution in [3.05, 3.63) is 35.9 Å². The van der Waals surface area contributed by atoms with E-state index in [2.05, 4.69) is 0 Å². The van der Waals surface area contributed by atoms with Gasteiger partial charge in [-0.15, -0.1) is 0 Å². The fourth-order valence-electron chi connectivity index (χ4n) is 2.63. The van der Waals surface area contributed by atoms with Gasteiger partial charge in [-0.1, -0.05) is 37.3 Å². The molecule has 1 amide bonds. The molecule has 1 saturated heterocycles. The van der Waals surface area contributed by atoms with Gasteiger partial charge in [0.05, 0.1) is 6.04 Å². The van der Waals surface area contributed by atoms with Crippen molar-refractivity contribution >= 4 is 11.9 Å². The zero-order valence-corrected chi connectivity index (χ0v) is 10.4. The third-order valence-electron chi connectivity index (χ3n) is 3.45.